The molecule has 2 amide bonds. The summed E-state index contributed by atoms with van der Waals surface area (Å²) in [4.78, 5) is 37.0. The van der Waals surface area contributed by atoms with Crippen molar-refractivity contribution in [2.75, 3.05) is 55.6 Å². The first-order valence-electron chi connectivity index (χ1n) is 13.5. The maximum atomic E-state index is 11.3. The lowest BCUT2D eigenvalue weighted by Gasteiger charge is -2.35. The van der Waals surface area contributed by atoms with Gasteiger partial charge >= 0.3 is 0 Å². The molecule has 2 aromatic heterocycles. The van der Waals surface area contributed by atoms with E-state index >= 15 is 0 Å². The average Bonchev–Trinajstić information content (AvgIpc) is 2.98. The monoisotopic (exact) mass is 537 g/mol. The zero-order chi connectivity index (χ0) is 28.2. The van der Waals surface area contributed by atoms with Crippen LogP contribution >= 0.6 is 0 Å². The fourth-order valence-corrected chi connectivity index (χ4v) is 5.26. The van der Waals surface area contributed by atoms with Gasteiger partial charge in [-0.3, -0.25) is 9.59 Å². The van der Waals surface area contributed by atoms with Gasteiger partial charge in [-0.2, -0.15) is 0 Å². The number of piperazine rings is 1. The molecule has 4 N–H and O–H groups in total. The van der Waals surface area contributed by atoms with Crippen LogP contribution in [-0.4, -0.2) is 70.9 Å². The molecular weight excluding hydrogens is 502 g/mol. The van der Waals surface area contributed by atoms with Gasteiger partial charge in [0, 0.05) is 82.0 Å². The third-order valence-electron chi connectivity index (χ3n) is 7.69. The van der Waals surface area contributed by atoms with E-state index in [1.807, 2.05) is 21.9 Å². The van der Waals surface area contributed by atoms with Crippen molar-refractivity contribution in [3.05, 3.63) is 72.6 Å². The normalized spacial score (nSPS) is 15.4. The molecule has 9 nitrogen and oxygen atoms in total. The highest BCUT2D eigenvalue weighted by atomic mass is 16.2. The smallest absolute Gasteiger partial charge is 0.219 e. The number of pyridine rings is 2. The summed E-state index contributed by atoms with van der Waals surface area (Å²) in [5, 5.41) is 4.17. The van der Waals surface area contributed by atoms with Crippen LogP contribution in [-0.2, 0) is 9.59 Å². The molecule has 4 aromatic rings. The van der Waals surface area contributed by atoms with E-state index in [9.17, 15) is 9.59 Å². The fourth-order valence-electron chi connectivity index (χ4n) is 5.26. The van der Waals surface area contributed by atoms with Gasteiger partial charge in [0.2, 0.25) is 11.8 Å². The molecule has 2 aliphatic heterocycles. The van der Waals surface area contributed by atoms with E-state index in [2.05, 4.69) is 57.3 Å². The topological polar surface area (TPSA) is 122 Å². The molecule has 9 heteroatoms. The summed E-state index contributed by atoms with van der Waals surface area (Å²) in [6.45, 7) is 7.95. The summed E-state index contributed by atoms with van der Waals surface area (Å²) in [6, 6.07) is 16.4. The van der Waals surface area contributed by atoms with E-state index in [1.165, 1.54) is 11.1 Å². The molecule has 6 rings (SSSR count). The van der Waals surface area contributed by atoms with Crippen molar-refractivity contribution in [2.45, 2.75) is 20.3 Å². The number of hydrogen-bond acceptors (Lipinski definition) is 7. The number of benzene rings is 2. The summed E-state index contributed by atoms with van der Waals surface area (Å²) in [5.74, 6) is 1.40. The van der Waals surface area contributed by atoms with Crippen LogP contribution in [0.4, 0.5) is 17.3 Å². The summed E-state index contributed by atoms with van der Waals surface area (Å²) >= 11 is 0. The largest absolute Gasteiger partial charge is 0.383 e. The van der Waals surface area contributed by atoms with Gasteiger partial charge in [-0.1, -0.05) is 24.3 Å². The Bertz CT molecular complexity index is 1590. The van der Waals surface area contributed by atoms with Crippen molar-refractivity contribution < 1.29 is 9.59 Å². The molecule has 0 bridgehead atoms. The van der Waals surface area contributed by atoms with Crippen molar-refractivity contribution >= 4 is 56.3 Å². The maximum absolute atomic E-state index is 11.3. The molecule has 1 saturated heterocycles. The highest BCUT2D eigenvalue weighted by Crippen LogP contribution is 2.28. The van der Waals surface area contributed by atoms with Gasteiger partial charge in [0.25, 0.3) is 0 Å². The number of nitrogens with zero attached hydrogens (tertiary/aromatic N) is 5. The lowest BCUT2D eigenvalue weighted by molar-refractivity contribution is -0.129. The number of aromatic nitrogens is 2. The molecule has 0 atom stereocenters. The third-order valence-corrected chi connectivity index (χ3v) is 7.69. The first-order chi connectivity index (χ1) is 19.3. The second kappa shape index (κ2) is 11.6. The minimum absolute atomic E-state index is 0.132. The van der Waals surface area contributed by atoms with Gasteiger partial charge in [-0.25, -0.2) is 9.97 Å². The number of carbonyl (C=O) groups excluding carboxylic acids is 2. The highest BCUT2D eigenvalue weighted by Gasteiger charge is 2.19. The number of rotatable bonds is 2. The molecule has 4 heterocycles. The summed E-state index contributed by atoms with van der Waals surface area (Å²) in [7, 11) is 0. The van der Waals surface area contributed by atoms with Crippen LogP contribution in [0.3, 0.4) is 0 Å². The number of carbonyl (C=O) groups is 2. The summed E-state index contributed by atoms with van der Waals surface area (Å²) in [5.41, 5.74) is 15.4. The van der Waals surface area contributed by atoms with Crippen molar-refractivity contribution in [3.8, 4) is 0 Å². The molecule has 0 spiro atoms. The Morgan fingerprint density at radius 1 is 0.725 bits per heavy atom. The van der Waals surface area contributed by atoms with Crippen LogP contribution < -0.4 is 16.4 Å². The zero-order valence-electron chi connectivity index (χ0n) is 23.0. The molecule has 0 unspecified atom stereocenters. The predicted molar refractivity (Wildman–Crippen MR) is 162 cm³/mol. The Labute approximate surface area is 234 Å². The SMILES string of the molecule is CC(=O)N1CC=C(c2ccc3ccnc(N)c3c2)CC1.CC(=O)N1CCN(c2ccc3ccnc(N)c3c2)CC1. The number of hydrogen-bond donors (Lipinski definition) is 2. The minimum atomic E-state index is 0.132. The van der Waals surface area contributed by atoms with Crippen LogP contribution in [0.2, 0.25) is 0 Å². The van der Waals surface area contributed by atoms with E-state index in [1.54, 1.807) is 26.2 Å². The number of amides is 2. The molecule has 2 aliphatic rings. The minimum Gasteiger partial charge on any atom is -0.383 e. The van der Waals surface area contributed by atoms with E-state index in [-0.39, 0.29) is 11.8 Å². The Morgan fingerprint density at radius 2 is 1.32 bits per heavy atom. The summed E-state index contributed by atoms with van der Waals surface area (Å²) < 4.78 is 0. The summed E-state index contributed by atoms with van der Waals surface area (Å²) in [6.07, 6.45) is 6.45. The quantitative estimate of drug-likeness (QED) is 0.397. The van der Waals surface area contributed by atoms with Crippen LogP contribution in [0.5, 0.6) is 0 Å². The molecular formula is C31H35N7O2. The van der Waals surface area contributed by atoms with Gasteiger partial charge in [0.1, 0.15) is 11.6 Å². The van der Waals surface area contributed by atoms with Gasteiger partial charge < -0.3 is 26.2 Å². The molecule has 0 radical (unpaired) electrons. The molecule has 206 valence electrons. The maximum Gasteiger partial charge on any atom is 0.219 e. The van der Waals surface area contributed by atoms with E-state index in [4.69, 9.17) is 11.5 Å². The van der Waals surface area contributed by atoms with Crippen LogP contribution in [0, 0.1) is 0 Å². The Balaban J connectivity index is 0.000000161. The highest BCUT2D eigenvalue weighted by molar-refractivity contribution is 5.94. The van der Waals surface area contributed by atoms with Crippen LogP contribution in [0.1, 0.15) is 25.8 Å². The standard InChI is InChI=1S/C16H17N3O.C15H18N4O/c1-11(20)19-8-5-12(6-9-19)14-3-2-13-4-7-18-16(17)15(13)10-14;1-11(20)18-6-8-19(9-7-18)13-3-2-12-4-5-17-15(16)14(12)10-13/h2-5,7,10H,6,8-9H2,1H3,(H2,17,18);2-5,10H,6-9H2,1H3,(H2,16,17). The number of nitrogens with two attached hydrogens (primary N) is 2. The number of fused-ring (bicyclic) bond motifs is 2. The van der Waals surface area contributed by atoms with Crippen molar-refractivity contribution in [3.63, 3.8) is 0 Å². The fraction of sp³-hybridized carbons (Fsp3) is 0.290. The molecule has 0 saturated carbocycles. The average molecular weight is 538 g/mol. The Hall–Kier alpha value is -4.66. The molecule has 0 aliphatic carbocycles. The van der Waals surface area contributed by atoms with Crippen molar-refractivity contribution in [2.24, 2.45) is 0 Å². The second-order valence-corrected chi connectivity index (χ2v) is 10.2. The van der Waals surface area contributed by atoms with Gasteiger partial charge in [0.05, 0.1) is 0 Å². The number of nitrogen functional groups attached to an aromatic ring is 2. The first kappa shape index (κ1) is 26.9. The zero-order valence-corrected chi connectivity index (χ0v) is 23.0. The van der Waals surface area contributed by atoms with Crippen molar-refractivity contribution in [1.82, 2.24) is 19.8 Å². The third kappa shape index (κ3) is 5.83. The molecule has 1 fully saturated rings. The van der Waals surface area contributed by atoms with Crippen LogP contribution in [0.25, 0.3) is 27.1 Å². The Morgan fingerprint density at radius 3 is 1.90 bits per heavy atom. The van der Waals surface area contributed by atoms with Gasteiger partial charge in [-0.05, 0) is 58.7 Å². The van der Waals surface area contributed by atoms with E-state index < -0.39 is 0 Å². The predicted octanol–water partition coefficient (Wildman–Crippen LogP) is 3.94. The van der Waals surface area contributed by atoms with Gasteiger partial charge in [-0.15, -0.1) is 0 Å². The van der Waals surface area contributed by atoms with Crippen molar-refractivity contribution in [1.29, 1.82) is 0 Å². The number of anilines is 3. The first-order valence-corrected chi connectivity index (χ1v) is 13.5. The van der Waals surface area contributed by atoms with Crippen LogP contribution in [0.15, 0.2) is 67.0 Å². The molecule has 2 aromatic carbocycles. The van der Waals surface area contributed by atoms with E-state index in [0.29, 0.717) is 18.2 Å². The Kier molecular flexibility index (Phi) is 7.82. The lowest BCUT2D eigenvalue weighted by Crippen LogP contribution is -2.48. The van der Waals surface area contributed by atoms with E-state index in [0.717, 1.165) is 66.4 Å². The molecule has 40 heavy (non-hydrogen) atoms. The van der Waals surface area contributed by atoms with Gasteiger partial charge in [0.15, 0.2) is 0 Å². The second-order valence-electron chi connectivity index (χ2n) is 10.2. The lowest BCUT2D eigenvalue weighted by atomic mass is 9.97.